The summed E-state index contributed by atoms with van der Waals surface area (Å²) in [6.07, 6.45) is 0.642. The molecule has 1 atom stereocenters. The number of benzene rings is 1. The standard InChI is InChI=1S/C19H25NO5/c1-18(2,3)25-17(23)20-13-19(11-7-10-15(19)21)16(22)24-12-14-8-5-4-6-9-14/h4-6,8-9H,7,10-13H2,1-3H3,(H,20,23). The normalized spacial score (nSPS) is 20.2. The molecular weight excluding hydrogens is 322 g/mol. The first-order chi connectivity index (χ1) is 11.7. The SMILES string of the molecule is CC(C)(C)OC(=O)NCC1(C(=O)OCc2ccccc2)CCCC1=O. The highest BCUT2D eigenvalue weighted by molar-refractivity contribution is 6.05. The van der Waals surface area contributed by atoms with Crippen LogP contribution in [-0.4, -0.2) is 30.0 Å². The first-order valence-corrected chi connectivity index (χ1v) is 8.44. The molecule has 1 amide bonds. The molecule has 1 aliphatic rings. The fraction of sp³-hybridized carbons (Fsp3) is 0.526. The second kappa shape index (κ2) is 7.68. The smallest absolute Gasteiger partial charge is 0.407 e. The van der Waals surface area contributed by atoms with Gasteiger partial charge in [-0.1, -0.05) is 30.3 Å². The van der Waals surface area contributed by atoms with Crippen LogP contribution in [0.15, 0.2) is 30.3 Å². The van der Waals surface area contributed by atoms with E-state index in [9.17, 15) is 14.4 Å². The lowest BCUT2D eigenvalue weighted by Crippen LogP contribution is -2.47. The molecule has 6 nitrogen and oxygen atoms in total. The molecule has 2 rings (SSSR count). The fourth-order valence-electron chi connectivity index (χ4n) is 2.80. The van der Waals surface area contributed by atoms with Crippen LogP contribution in [0, 0.1) is 5.41 Å². The molecule has 0 aromatic heterocycles. The number of ketones is 1. The molecule has 0 radical (unpaired) electrons. The zero-order valence-electron chi connectivity index (χ0n) is 15.0. The lowest BCUT2D eigenvalue weighted by Gasteiger charge is -2.26. The number of alkyl carbamates (subject to hydrolysis) is 1. The van der Waals surface area contributed by atoms with Gasteiger partial charge < -0.3 is 14.8 Å². The number of nitrogens with one attached hydrogen (secondary N) is 1. The van der Waals surface area contributed by atoms with Crippen molar-refractivity contribution in [2.45, 2.75) is 52.2 Å². The quantitative estimate of drug-likeness (QED) is 0.654. The summed E-state index contributed by atoms with van der Waals surface area (Å²) in [6, 6.07) is 9.26. The Labute approximate surface area is 147 Å². The number of ether oxygens (including phenoxy) is 2. The van der Waals surface area contributed by atoms with Crippen molar-refractivity contribution in [2.24, 2.45) is 5.41 Å². The molecule has 0 saturated heterocycles. The van der Waals surface area contributed by atoms with Crippen molar-refractivity contribution in [1.82, 2.24) is 5.32 Å². The zero-order chi connectivity index (χ0) is 18.5. The largest absolute Gasteiger partial charge is 0.460 e. The molecule has 1 saturated carbocycles. The number of rotatable bonds is 5. The molecule has 25 heavy (non-hydrogen) atoms. The fourth-order valence-corrected chi connectivity index (χ4v) is 2.80. The highest BCUT2D eigenvalue weighted by Gasteiger charge is 2.50. The van der Waals surface area contributed by atoms with E-state index >= 15 is 0 Å². The van der Waals surface area contributed by atoms with Crippen LogP contribution < -0.4 is 5.32 Å². The molecule has 1 fully saturated rings. The summed E-state index contributed by atoms with van der Waals surface area (Å²) < 4.78 is 10.5. The van der Waals surface area contributed by atoms with Crippen molar-refractivity contribution < 1.29 is 23.9 Å². The van der Waals surface area contributed by atoms with Crippen LogP contribution in [0.2, 0.25) is 0 Å². The summed E-state index contributed by atoms with van der Waals surface area (Å²) in [5.41, 5.74) is -1.12. The van der Waals surface area contributed by atoms with Crippen molar-refractivity contribution >= 4 is 17.8 Å². The van der Waals surface area contributed by atoms with Crippen molar-refractivity contribution in [3.05, 3.63) is 35.9 Å². The molecule has 1 aromatic carbocycles. The van der Waals surface area contributed by atoms with Crippen LogP contribution in [0.4, 0.5) is 4.79 Å². The molecule has 1 N–H and O–H groups in total. The Kier molecular flexibility index (Phi) is 5.82. The van der Waals surface area contributed by atoms with Crippen LogP contribution >= 0.6 is 0 Å². The summed E-state index contributed by atoms with van der Waals surface area (Å²) in [5.74, 6) is -0.781. The molecule has 1 aliphatic carbocycles. The Morgan fingerprint density at radius 2 is 1.88 bits per heavy atom. The van der Waals surface area contributed by atoms with Crippen molar-refractivity contribution in [3.8, 4) is 0 Å². The number of hydrogen-bond acceptors (Lipinski definition) is 5. The maximum Gasteiger partial charge on any atom is 0.407 e. The molecule has 0 bridgehead atoms. The molecule has 136 valence electrons. The molecule has 0 spiro atoms. The highest BCUT2D eigenvalue weighted by atomic mass is 16.6. The zero-order valence-corrected chi connectivity index (χ0v) is 15.0. The monoisotopic (exact) mass is 347 g/mol. The van der Waals surface area contributed by atoms with Crippen LogP contribution in [0.3, 0.4) is 0 Å². The Hall–Kier alpha value is -2.37. The van der Waals surface area contributed by atoms with E-state index in [4.69, 9.17) is 9.47 Å². The van der Waals surface area contributed by atoms with E-state index in [1.54, 1.807) is 20.8 Å². The van der Waals surface area contributed by atoms with Gasteiger partial charge in [-0.05, 0) is 39.2 Å². The summed E-state index contributed by atoms with van der Waals surface area (Å²) in [6.45, 7) is 5.24. The number of hydrogen-bond donors (Lipinski definition) is 1. The Bertz CT molecular complexity index is 635. The molecule has 1 aromatic rings. The summed E-state index contributed by atoms with van der Waals surface area (Å²) in [5, 5.41) is 2.55. The van der Waals surface area contributed by atoms with E-state index in [-0.39, 0.29) is 18.9 Å². The summed E-state index contributed by atoms with van der Waals surface area (Å²) in [4.78, 5) is 36.8. The highest BCUT2D eigenvalue weighted by Crippen LogP contribution is 2.36. The second-order valence-corrected chi connectivity index (χ2v) is 7.28. The van der Waals surface area contributed by atoms with E-state index in [1.807, 2.05) is 30.3 Å². The van der Waals surface area contributed by atoms with E-state index in [1.165, 1.54) is 0 Å². The lowest BCUT2D eigenvalue weighted by atomic mass is 9.85. The number of carbonyl (C=O) groups is 3. The van der Waals surface area contributed by atoms with Gasteiger partial charge in [-0.2, -0.15) is 0 Å². The van der Waals surface area contributed by atoms with Gasteiger partial charge in [-0.15, -0.1) is 0 Å². The first kappa shape index (κ1) is 19.0. The second-order valence-electron chi connectivity index (χ2n) is 7.28. The third-order valence-electron chi connectivity index (χ3n) is 4.08. The van der Waals surface area contributed by atoms with E-state index in [0.29, 0.717) is 19.3 Å². The number of Topliss-reactive ketones (excluding diaryl/α,β-unsaturated/α-hetero) is 1. The molecule has 6 heteroatoms. The third kappa shape index (κ3) is 5.05. The van der Waals surface area contributed by atoms with Crippen molar-refractivity contribution in [3.63, 3.8) is 0 Å². The Balaban J connectivity index is 2.01. The lowest BCUT2D eigenvalue weighted by molar-refractivity contribution is -0.160. The van der Waals surface area contributed by atoms with Crippen LogP contribution in [0.1, 0.15) is 45.6 Å². The topological polar surface area (TPSA) is 81.7 Å². The van der Waals surface area contributed by atoms with Crippen LogP contribution in [-0.2, 0) is 25.7 Å². The minimum absolute atomic E-state index is 0.0984. The number of amides is 1. The molecule has 0 aliphatic heterocycles. The minimum Gasteiger partial charge on any atom is -0.460 e. The summed E-state index contributed by atoms with van der Waals surface area (Å²) >= 11 is 0. The molecular formula is C19H25NO5. The van der Waals surface area contributed by atoms with E-state index in [0.717, 1.165) is 5.56 Å². The van der Waals surface area contributed by atoms with Crippen LogP contribution in [0.5, 0.6) is 0 Å². The molecule has 0 heterocycles. The van der Waals surface area contributed by atoms with Gasteiger partial charge in [0, 0.05) is 13.0 Å². The van der Waals surface area contributed by atoms with Crippen molar-refractivity contribution in [2.75, 3.05) is 6.54 Å². The van der Waals surface area contributed by atoms with Gasteiger partial charge in [0.25, 0.3) is 0 Å². The van der Waals surface area contributed by atoms with Gasteiger partial charge in [0.15, 0.2) is 5.78 Å². The minimum atomic E-state index is -1.31. The van der Waals surface area contributed by atoms with E-state index < -0.39 is 23.1 Å². The van der Waals surface area contributed by atoms with Gasteiger partial charge in [0.1, 0.15) is 17.6 Å². The summed E-state index contributed by atoms with van der Waals surface area (Å²) in [7, 11) is 0. The third-order valence-corrected chi connectivity index (χ3v) is 4.08. The maximum absolute atomic E-state index is 12.6. The van der Waals surface area contributed by atoms with Crippen molar-refractivity contribution in [1.29, 1.82) is 0 Å². The first-order valence-electron chi connectivity index (χ1n) is 8.44. The molecule has 1 unspecified atom stereocenters. The van der Waals surface area contributed by atoms with Gasteiger partial charge in [-0.3, -0.25) is 9.59 Å². The predicted molar refractivity (Wildman–Crippen MR) is 91.8 cm³/mol. The number of esters is 1. The van der Waals surface area contributed by atoms with Gasteiger partial charge in [0.2, 0.25) is 0 Å². The average molecular weight is 347 g/mol. The average Bonchev–Trinajstić information content (AvgIpc) is 2.92. The van der Waals surface area contributed by atoms with E-state index in [2.05, 4.69) is 5.32 Å². The van der Waals surface area contributed by atoms with Crippen LogP contribution in [0.25, 0.3) is 0 Å². The van der Waals surface area contributed by atoms with Gasteiger partial charge >= 0.3 is 12.1 Å². The predicted octanol–water partition coefficient (Wildman–Crippen LogP) is 2.99. The number of carbonyl (C=O) groups excluding carboxylic acids is 3. The van der Waals surface area contributed by atoms with Gasteiger partial charge in [0.05, 0.1) is 0 Å². The maximum atomic E-state index is 12.6. The Morgan fingerprint density at radius 3 is 2.44 bits per heavy atom. The Morgan fingerprint density at radius 1 is 1.20 bits per heavy atom. The van der Waals surface area contributed by atoms with Gasteiger partial charge in [-0.25, -0.2) is 4.79 Å².